The lowest BCUT2D eigenvalue weighted by Gasteiger charge is -2.23. The van der Waals surface area contributed by atoms with Crippen molar-refractivity contribution in [2.75, 3.05) is 38.0 Å². The molecule has 154 valence electrons. The van der Waals surface area contributed by atoms with Crippen LogP contribution in [0, 0.1) is 25.7 Å². The molecule has 2 aromatic rings. The number of carbonyl (C=O) groups is 2. The number of carbonyl (C=O) groups excluding carboxylic acids is 2. The fourth-order valence-electron chi connectivity index (χ4n) is 4.50. The molecule has 0 bridgehead atoms. The van der Waals surface area contributed by atoms with Gasteiger partial charge in [0.1, 0.15) is 4.34 Å². The Hall–Kier alpha value is -1.96. The Morgan fingerprint density at radius 2 is 1.83 bits per heavy atom. The van der Waals surface area contributed by atoms with Crippen LogP contribution in [-0.2, 0) is 4.79 Å². The third-order valence-corrected chi connectivity index (χ3v) is 6.95. The van der Waals surface area contributed by atoms with Gasteiger partial charge in [0.15, 0.2) is 5.13 Å². The quantitative estimate of drug-likeness (QED) is 0.785. The van der Waals surface area contributed by atoms with E-state index in [1.807, 2.05) is 36.9 Å². The van der Waals surface area contributed by atoms with Gasteiger partial charge < -0.3 is 15.1 Å². The Morgan fingerprint density at radius 1 is 1.17 bits per heavy atom. The highest BCUT2D eigenvalue weighted by atomic mass is 35.5. The molecule has 2 fully saturated rings. The number of hydrogen-bond donors (Lipinski definition) is 1. The molecule has 4 rings (SSSR count). The molecule has 8 heteroatoms. The maximum Gasteiger partial charge on any atom is 0.254 e. The van der Waals surface area contributed by atoms with E-state index in [4.69, 9.17) is 11.6 Å². The summed E-state index contributed by atoms with van der Waals surface area (Å²) >= 11 is 7.10. The lowest BCUT2D eigenvalue weighted by molar-refractivity contribution is -0.116. The Morgan fingerprint density at radius 3 is 2.41 bits per heavy atom. The van der Waals surface area contributed by atoms with Crippen LogP contribution in [0.2, 0.25) is 4.34 Å². The van der Waals surface area contributed by atoms with E-state index in [-0.39, 0.29) is 11.8 Å². The number of fused-ring (bicyclic) bond motifs is 1. The first kappa shape index (κ1) is 20.3. The van der Waals surface area contributed by atoms with Crippen molar-refractivity contribution in [1.82, 2.24) is 14.8 Å². The maximum atomic E-state index is 13.0. The van der Waals surface area contributed by atoms with E-state index in [1.165, 1.54) is 17.5 Å². The summed E-state index contributed by atoms with van der Waals surface area (Å²) in [5.41, 5.74) is 2.94. The molecule has 0 aliphatic carbocycles. The summed E-state index contributed by atoms with van der Waals surface area (Å²) in [6, 6.07) is 6.00. The lowest BCUT2D eigenvalue weighted by atomic mass is 10.0. The van der Waals surface area contributed by atoms with Gasteiger partial charge in [-0.1, -0.05) is 41.1 Å². The Bertz CT molecular complexity index is 897. The van der Waals surface area contributed by atoms with Gasteiger partial charge in [-0.05, 0) is 36.8 Å². The first-order chi connectivity index (χ1) is 13.9. The number of amides is 2. The molecule has 1 aromatic carbocycles. The topological polar surface area (TPSA) is 65.5 Å². The van der Waals surface area contributed by atoms with Gasteiger partial charge in [-0.3, -0.25) is 9.59 Å². The monoisotopic (exact) mass is 432 g/mol. The second-order valence-electron chi connectivity index (χ2n) is 8.02. The molecule has 3 heterocycles. The minimum atomic E-state index is -0.0418. The minimum Gasteiger partial charge on any atom is -0.338 e. The Labute approximate surface area is 179 Å². The van der Waals surface area contributed by atoms with Gasteiger partial charge in [0.2, 0.25) is 5.91 Å². The molecule has 1 aromatic heterocycles. The third-order valence-electron chi connectivity index (χ3n) is 5.92. The van der Waals surface area contributed by atoms with Crippen LogP contribution in [0.4, 0.5) is 5.13 Å². The Balaban J connectivity index is 1.27. The third kappa shape index (κ3) is 4.47. The van der Waals surface area contributed by atoms with E-state index in [9.17, 15) is 9.59 Å². The van der Waals surface area contributed by atoms with Crippen LogP contribution in [0.5, 0.6) is 0 Å². The van der Waals surface area contributed by atoms with E-state index in [0.29, 0.717) is 27.7 Å². The van der Waals surface area contributed by atoms with Crippen LogP contribution >= 0.6 is 22.9 Å². The smallest absolute Gasteiger partial charge is 0.254 e. The number of nitrogens with zero attached hydrogens (tertiary/aromatic N) is 3. The van der Waals surface area contributed by atoms with Gasteiger partial charge >= 0.3 is 0 Å². The van der Waals surface area contributed by atoms with Crippen LogP contribution in [0.3, 0.4) is 0 Å². The molecule has 2 unspecified atom stereocenters. The zero-order valence-corrected chi connectivity index (χ0v) is 18.2. The second-order valence-corrected chi connectivity index (χ2v) is 9.69. The first-order valence-electron chi connectivity index (χ1n) is 9.89. The first-order valence-corrected chi connectivity index (χ1v) is 11.1. The maximum absolute atomic E-state index is 13.0. The van der Waals surface area contributed by atoms with E-state index in [1.54, 1.807) is 0 Å². The second kappa shape index (κ2) is 8.42. The van der Waals surface area contributed by atoms with Crippen molar-refractivity contribution in [2.45, 2.75) is 20.3 Å². The van der Waals surface area contributed by atoms with Crippen molar-refractivity contribution in [3.05, 3.63) is 45.4 Å². The molecule has 2 aliphatic rings. The van der Waals surface area contributed by atoms with E-state index in [0.717, 1.165) is 49.4 Å². The SMILES string of the molecule is Cc1cccc(C)c1C(=O)N1CC2CN(CCC(=O)Nc3ncc(Cl)s3)CC2C1. The van der Waals surface area contributed by atoms with E-state index < -0.39 is 0 Å². The molecule has 29 heavy (non-hydrogen) atoms. The van der Waals surface area contributed by atoms with Crippen molar-refractivity contribution in [1.29, 1.82) is 0 Å². The fourth-order valence-corrected chi connectivity index (χ4v) is 5.33. The highest BCUT2D eigenvalue weighted by Gasteiger charge is 2.41. The van der Waals surface area contributed by atoms with Gasteiger partial charge in [0.05, 0.1) is 6.20 Å². The van der Waals surface area contributed by atoms with Crippen molar-refractivity contribution >= 4 is 39.9 Å². The Kier molecular flexibility index (Phi) is 5.90. The van der Waals surface area contributed by atoms with Crippen LogP contribution < -0.4 is 5.32 Å². The van der Waals surface area contributed by atoms with Gasteiger partial charge in [-0.2, -0.15) is 0 Å². The van der Waals surface area contributed by atoms with Crippen LogP contribution in [0.25, 0.3) is 0 Å². The predicted octanol–water partition coefficient (Wildman–Crippen LogP) is 3.45. The summed E-state index contributed by atoms with van der Waals surface area (Å²) in [5.74, 6) is 1.09. The number of aromatic nitrogens is 1. The zero-order chi connectivity index (χ0) is 20.5. The normalized spacial score (nSPS) is 21.4. The fraction of sp³-hybridized carbons (Fsp3) is 0.476. The number of likely N-dealkylation sites (tertiary alicyclic amines) is 2. The molecule has 0 radical (unpaired) electrons. The van der Waals surface area contributed by atoms with E-state index in [2.05, 4.69) is 15.2 Å². The van der Waals surface area contributed by atoms with Crippen LogP contribution in [0.1, 0.15) is 27.9 Å². The number of aryl methyl sites for hydroxylation is 2. The van der Waals surface area contributed by atoms with Gasteiger partial charge in [0.25, 0.3) is 5.91 Å². The summed E-state index contributed by atoms with van der Waals surface area (Å²) in [7, 11) is 0. The molecule has 2 aliphatic heterocycles. The number of rotatable bonds is 5. The molecule has 2 atom stereocenters. The average molecular weight is 433 g/mol. The molecule has 6 nitrogen and oxygen atoms in total. The number of benzene rings is 1. The minimum absolute atomic E-state index is 0.0418. The molecule has 1 N–H and O–H groups in total. The van der Waals surface area contributed by atoms with Gasteiger partial charge in [-0.25, -0.2) is 4.98 Å². The molecule has 0 saturated carbocycles. The average Bonchev–Trinajstić information content (AvgIpc) is 3.34. The van der Waals surface area contributed by atoms with Crippen molar-refractivity contribution in [3.63, 3.8) is 0 Å². The van der Waals surface area contributed by atoms with E-state index >= 15 is 0 Å². The van der Waals surface area contributed by atoms with Gasteiger partial charge in [-0.15, -0.1) is 0 Å². The number of hydrogen-bond acceptors (Lipinski definition) is 5. The zero-order valence-electron chi connectivity index (χ0n) is 16.7. The highest BCUT2D eigenvalue weighted by Crippen LogP contribution is 2.32. The largest absolute Gasteiger partial charge is 0.338 e. The lowest BCUT2D eigenvalue weighted by Crippen LogP contribution is -2.34. The number of anilines is 1. The number of nitrogens with one attached hydrogen (secondary N) is 1. The summed E-state index contributed by atoms with van der Waals surface area (Å²) in [5, 5.41) is 3.33. The molecule has 2 saturated heterocycles. The molecule has 0 spiro atoms. The molecule has 2 amide bonds. The summed E-state index contributed by atoms with van der Waals surface area (Å²) in [6.45, 7) is 8.22. The molecular formula is C21H25ClN4O2S. The van der Waals surface area contributed by atoms with Crippen molar-refractivity contribution in [2.24, 2.45) is 11.8 Å². The number of thiazole rings is 1. The van der Waals surface area contributed by atoms with Crippen molar-refractivity contribution in [3.8, 4) is 0 Å². The van der Waals surface area contributed by atoms with Crippen LogP contribution in [0.15, 0.2) is 24.4 Å². The number of halogens is 1. The summed E-state index contributed by atoms with van der Waals surface area (Å²) in [6.07, 6.45) is 1.97. The van der Waals surface area contributed by atoms with Crippen LogP contribution in [-0.4, -0.2) is 59.3 Å². The van der Waals surface area contributed by atoms with Gasteiger partial charge in [0, 0.05) is 44.7 Å². The molecular weight excluding hydrogens is 408 g/mol. The van der Waals surface area contributed by atoms with Crippen molar-refractivity contribution < 1.29 is 9.59 Å². The summed E-state index contributed by atoms with van der Waals surface area (Å²) < 4.78 is 0.563. The summed E-state index contributed by atoms with van der Waals surface area (Å²) in [4.78, 5) is 33.6. The highest BCUT2D eigenvalue weighted by molar-refractivity contribution is 7.19. The standard InChI is InChI=1S/C21H25ClN4O2S/c1-13-4-3-5-14(2)19(13)20(28)26-11-15-9-25(10-16(15)12-26)7-6-18(27)24-21-23-8-17(22)29-21/h3-5,8,15-16H,6-7,9-12H2,1-2H3,(H,23,24,27). The predicted molar refractivity (Wildman–Crippen MR) is 116 cm³/mol.